The Balaban J connectivity index is 1.93. The van der Waals surface area contributed by atoms with Crippen LogP contribution in [0.1, 0.15) is 57.2 Å². The van der Waals surface area contributed by atoms with E-state index in [0.717, 1.165) is 5.56 Å². The fourth-order valence-corrected chi connectivity index (χ4v) is 3.87. The lowest BCUT2D eigenvalue weighted by atomic mass is 10.1. The molecule has 2 rings (SSSR count). The van der Waals surface area contributed by atoms with E-state index < -0.39 is 47.8 Å². The number of unbranched alkanes of at least 4 members (excludes halogenated alkanes) is 1. The van der Waals surface area contributed by atoms with Crippen LogP contribution in [0.4, 0.5) is 0 Å². The molecular formula is C29H40N6O6. The molecule has 0 heterocycles. The number of carbonyl (C=O) groups excluding carboxylic acids is 5. The lowest BCUT2D eigenvalue weighted by molar-refractivity contribution is -0.133. The molecule has 4 atom stereocenters. The van der Waals surface area contributed by atoms with Crippen molar-refractivity contribution in [2.24, 2.45) is 11.5 Å². The average Bonchev–Trinajstić information content (AvgIpc) is 2.94. The van der Waals surface area contributed by atoms with E-state index in [2.05, 4.69) is 21.3 Å². The molecule has 2 aromatic rings. The summed E-state index contributed by atoms with van der Waals surface area (Å²) in [5.74, 6) is -2.39. The Kier molecular flexibility index (Phi) is 13.3. The van der Waals surface area contributed by atoms with Gasteiger partial charge in [0.15, 0.2) is 0 Å². The molecule has 0 fully saturated rings. The summed E-state index contributed by atoms with van der Waals surface area (Å²) in [5.41, 5.74) is 12.5. The van der Waals surface area contributed by atoms with E-state index in [-0.39, 0.29) is 5.91 Å². The molecule has 0 saturated heterocycles. The van der Waals surface area contributed by atoms with Crippen molar-refractivity contribution in [1.29, 1.82) is 0 Å². The Morgan fingerprint density at radius 3 is 1.93 bits per heavy atom. The molecule has 222 valence electrons. The number of benzene rings is 2. The minimum absolute atomic E-state index is 0.365. The van der Waals surface area contributed by atoms with Crippen LogP contribution in [-0.4, -0.2) is 54.2 Å². The van der Waals surface area contributed by atoms with Crippen molar-refractivity contribution in [1.82, 2.24) is 21.3 Å². The van der Waals surface area contributed by atoms with E-state index in [1.54, 1.807) is 24.3 Å². The van der Waals surface area contributed by atoms with E-state index in [9.17, 15) is 24.0 Å². The van der Waals surface area contributed by atoms with Gasteiger partial charge in [-0.2, -0.15) is 0 Å². The minimum Gasteiger partial charge on any atom is -0.489 e. The highest BCUT2D eigenvalue weighted by Crippen LogP contribution is 2.19. The van der Waals surface area contributed by atoms with Gasteiger partial charge in [0.05, 0.1) is 0 Å². The molecule has 1 unspecified atom stereocenters. The average molecular weight is 569 g/mol. The van der Waals surface area contributed by atoms with Crippen LogP contribution in [0.3, 0.4) is 0 Å². The van der Waals surface area contributed by atoms with Crippen LogP contribution in [0, 0.1) is 0 Å². The molecule has 0 aliphatic carbocycles. The van der Waals surface area contributed by atoms with Crippen molar-refractivity contribution in [2.45, 2.75) is 70.8 Å². The number of amides is 5. The van der Waals surface area contributed by atoms with Gasteiger partial charge in [0.1, 0.15) is 36.5 Å². The van der Waals surface area contributed by atoms with Crippen molar-refractivity contribution in [3.8, 4) is 5.75 Å². The van der Waals surface area contributed by atoms with Crippen LogP contribution in [0.2, 0.25) is 0 Å². The normalized spacial score (nSPS) is 13.6. The molecule has 12 heteroatoms. The molecule has 0 aliphatic rings. The first kappa shape index (κ1) is 32.8. The Morgan fingerprint density at radius 2 is 1.37 bits per heavy atom. The zero-order valence-corrected chi connectivity index (χ0v) is 23.6. The van der Waals surface area contributed by atoms with Gasteiger partial charge in [-0.25, -0.2) is 0 Å². The number of hydrogen-bond acceptors (Lipinski definition) is 7. The van der Waals surface area contributed by atoms with Crippen molar-refractivity contribution in [3.63, 3.8) is 0 Å². The van der Waals surface area contributed by atoms with Crippen LogP contribution in [0.5, 0.6) is 5.75 Å². The van der Waals surface area contributed by atoms with E-state index in [4.69, 9.17) is 16.2 Å². The summed E-state index contributed by atoms with van der Waals surface area (Å²) >= 11 is 0. The van der Waals surface area contributed by atoms with Crippen LogP contribution in [0.15, 0.2) is 54.6 Å². The van der Waals surface area contributed by atoms with Crippen LogP contribution in [-0.2, 0) is 30.6 Å². The number of rotatable bonds is 16. The number of hydrogen-bond donors (Lipinski definition) is 6. The van der Waals surface area contributed by atoms with E-state index in [1.165, 1.54) is 20.8 Å². The summed E-state index contributed by atoms with van der Waals surface area (Å²) in [4.78, 5) is 61.8. The molecule has 12 nitrogen and oxygen atoms in total. The molecule has 5 amide bonds. The summed E-state index contributed by atoms with van der Waals surface area (Å²) < 4.78 is 5.75. The van der Waals surface area contributed by atoms with E-state index >= 15 is 0 Å². The molecule has 0 bridgehead atoms. The van der Waals surface area contributed by atoms with Crippen molar-refractivity contribution < 1.29 is 28.7 Å². The van der Waals surface area contributed by atoms with E-state index in [1.807, 2.05) is 30.3 Å². The van der Waals surface area contributed by atoms with E-state index in [0.29, 0.717) is 43.7 Å². The second-order valence-corrected chi connectivity index (χ2v) is 9.69. The molecule has 8 N–H and O–H groups in total. The van der Waals surface area contributed by atoms with Gasteiger partial charge in [-0.1, -0.05) is 42.5 Å². The minimum atomic E-state index is -1.14. The highest BCUT2D eigenvalue weighted by molar-refractivity contribution is 5.95. The number of nitrogens with two attached hydrogens (primary N) is 2. The van der Waals surface area contributed by atoms with Crippen molar-refractivity contribution >= 4 is 29.5 Å². The second kappa shape index (κ2) is 16.6. The third-order valence-corrected chi connectivity index (χ3v) is 6.18. The standard InChI is InChI=1S/C29H40N6O6/c1-18(33-29(40)24(34-20(3)36)11-7-8-16-30)27(38)32-19(2)28(39)35-25(26(31)37)22-12-14-23(15-13-22)41-17-21-9-5-4-6-10-21/h4-6,9-10,12-15,18-19,24-25H,7-8,11,16-17,30H2,1-3H3,(H2,31,37)(H,32,38)(H,33,40)(H,34,36)(H,35,39)/t18-,19-,24-,25?/m0/s1. The first-order valence-electron chi connectivity index (χ1n) is 13.5. The van der Waals surface area contributed by atoms with Gasteiger partial charge in [-0.15, -0.1) is 0 Å². The fourth-order valence-electron chi connectivity index (χ4n) is 3.87. The van der Waals surface area contributed by atoms with Gasteiger partial charge in [-0.3, -0.25) is 24.0 Å². The summed E-state index contributed by atoms with van der Waals surface area (Å²) in [7, 11) is 0. The molecule has 0 radical (unpaired) electrons. The Labute approximate surface area is 239 Å². The second-order valence-electron chi connectivity index (χ2n) is 9.69. The highest BCUT2D eigenvalue weighted by atomic mass is 16.5. The predicted octanol–water partition coefficient (Wildman–Crippen LogP) is 0.551. The topological polar surface area (TPSA) is 195 Å². The molecule has 41 heavy (non-hydrogen) atoms. The fraction of sp³-hybridized carbons (Fsp3) is 0.414. The number of carbonyl (C=O) groups is 5. The van der Waals surface area contributed by atoms with Gasteiger partial charge in [0, 0.05) is 6.92 Å². The smallest absolute Gasteiger partial charge is 0.244 e. The third kappa shape index (κ3) is 11.3. The summed E-state index contributed by atoms with van der Waals surface area (Å²) in [6.07, 6.45) is 1.67. The van der Waals surface area contributed by atoms with Gasteiger partial charge in [0.25, 0.3) is 0 Å². The third-order valence-electron chi connectivity index (χ3n) is 6.18. The predicted molar refractivity (Wildman–Crippen MR) is 153 cm³/mol. The Morgan fingerprint density at radius 1 is 0.780 bits per heavy atom. The van der Waals surface area contributed by atoms with Crippen LogP contribution in [0.25, 0.3) is 0 Å². The molecule has 0 aliphatic heterocycles. The van der Waals surface area contributed by atoms with Gasteiger partial charge >= 0.3 is 0 Å². The maximum absolute atomic E-state index is 12.8. The number of nitrogens with one attached hydrogen (secondary N) is 4. The maximum Gasteiger partial charge on any atom is 0.244 e. The lowest BCUT2D eigenvalue weighted by Gasteiger charge is -2.23. The lowest BCUT2D eigenvalue weighted by Crippen LogP contribution is -2.55. The first-order chi connectivity index (χ1) is 19.5. The molecular weight excluding hydrogens is 528 g/mol. The monoisotopic (exact) mass is 568 g/mol. The van der Waals surface area contributed by atoms with Crippen molar-refractivity contribution in [3.05, 3.63) is 65.7 Å². The Hall–Kier alpha value is -4.45. The SMILES string of the molecule is CC(=O)N[C@@H](CCCCN)C(=O)N[C@@H](C)C(=O)N[C@@H](C)C(=O)NC(C(N)=O)c1ccc(OCc2ccccc2)cc1. The van der Waals surface area contributed by atoms with Gasteiger partial charge < -0.3 is 37.5 Å². The summed E-state index contributed by atoms with van der Waals surface area (Å²) in [6, 6.07) is 12.2. The Bertz CT molecular complexity index is 1170. The van der Waals surface area contributed by atoms with Crippen LogP contribution < -0.4 is 37.5 Å². The largest absolute Gasteiger partial charge is 0.489 e. The number of ether oxygens (including phenoxy) is 1. The van der Waals surface area contributed by atoms with Gasteiger partial charge in [0.2, 0.25) is 29.5 Å². The molecule has 0 saturated carbocycles. The molecule has 0 aromatic heterocycles. The van der Waals surface area contributed by atoms with Crippen LogP contribution >= 0.6 is 0 Å². The quantitative estimate of drug-likeness (QED) is 0.159. The maximum atomic E-state index is 12.8. The molecule has 2 aromatic carbocycles. The summed E-state index contributed by atoms with van der Waals surface area (Å²) in [6.45, 7) is 5.02. The first-order valence-corrected chi connectivity index (χ1v) is 13.5. The molecule has 0 spiro atoms. The zero-order chi connectivity index (χ0) is 30.4. The van der Waals surface area contributed by atoms with Crippen molar-refractivity contribution in [2.75, 3.05) is 6.54 Å². The number of primary amides is 1. The van der Waals surface area contributed by atoms with Gasteiger partial charge in [-0.05, 0) is 62.9 Å². The summed E-state index contributed by atoms with van der Waals surface area (Å²) in [5, 5.41) is 10.2. The highest BCUT2D eigenvalue weighted by Gasteiger charge is 2.27. The zero-order valence-electron chi connectivity index (χ0n) is 23.6.